The minimum absolute atomic E-state index is 0.154. The fourth-order valence-corrected chi connectivity index (χ4v) is 4.71. The van der Waals surface area contributed by atoms with Crippen LogP contribution in [0, 0.1) is 0 Å². The average Bonchev–Trinajstić information content (AvgIpc) is 3.04. The standard InChI is InChI=1S/C25H23N3O2/c29-23-20-10-4-5-11-21(20)24(30)25(23,22-12-6-7-13-26-22)28-16-14-27(15-17-28)18-19-8-2-1-3-9-19/h1-13H,14-18H2. The van der Waals surface area contributed by atoms with E-state index >= 15 is 0 Å². The highest BCUT2D eigenvalue weighted by Gasteiger charge is 2.59. The van der Waals surface area contributed by atoms with Crippen LogP contribution in [-0.4, -0.2) is 52.5 Å². The van der Waals surface area contributed by atoms with E-state index in [0.717, 1.165) is 19.6 Å². The number of piperazine rings is 1. The summed E-state index contributed by atoms with van der Waals surface area (Å²) < 4.78 is 0. The van der Waals surface area contributed by atoms with Gasteiger partial charge in [0.05, 0.1) is 5.69 Å². The molecule has 5 nitrogen and oxygen atoms in total. The molecule has 0 unspecified atom stereocenters. The van der Waals surface area contributed by atoms with E-state index in [1.165, 1.54) is 5.56 Å². The molecule has 1 saturated heterocycles. The topological polar surface area (TPSA) is 53.5 Å². The molecule has 0 atom stereocenters. The van der Waals surface area contributed by atoms with Gasteiger partial charge in [0.25, 0.3) is 0 Å². The molecule has 3 aromatic rings. The van der Waals surface area contributed by atoms with E-state index in [4.69, 9.17) is 0 Å². The van der Waals surface area contributed by atoms with Crippen molar-refractivity contribution in [1.29, 1.82) is 0 Å². The monoisotopic (exact) mass is 397 g/mol. The average molecular weight is 397 g/mol. The summed E-state index contributed by atoms with van der Waals surface area (Å²) in [6, 6.07) is 23.0. The van der Waals surface area contributed by atoms with Gasteiger partial charge in [-0.1, -0.05) is 60.7 Å². The summed E-state index contributed by atoms with van der Waals surface area (Å²) in [7, 11) is 0. The molecule has 2 aliphatic rings. The van der Waals surface area contributed by atoms with Gasteiger partial charge in [0.15, 0.2) is 17.1 Å². The van der Waals surface area contributed by atoms with Gasteiger partial charge in [-0.15, -0.1) is 0 Å². The number of hydrogen-bond donors (Lipinski definition) is 0. The van der Waals surface area contributed by atoms with Crippen LogP contribution in [0.25, 0.3) is 0 Å². The molecular formula is C25H23N3O2. The second-order valence-electron chi connectivity index (χ2n) is 7.88. The fraction of sp³-hybridized carbons (Fsp3) is 0.240. The minimum atomic E-state index is -1.36. The van der Waals surface area contributed by atoms with Gasteiger partial charge in [0.1, 0.15) is 0 Å². The van der Waals surface area contributed by atoms with Crippen LogP contribution in [0.3, 0.4) is 0 Å². The second kappa shape index (κ2) is 7.59. The molecule has 30 heavy (non-hydrogen) atoms. The molecular weight excluding hydrogens is 374 g/mol. The molecule has 1 fully saturated rings. The van der Waals surface area contributed by atoms with Crippen molar-refractivity contribution in [2.45, 2.75) is 12.1 Å². The third-order valence-electron chi connectivity index (χ3n) is 6.20. The fourth-order valence-electron chi connectivity index (χ4n) is 4.71. The van der Waals surface area contributed by atoms with Crippen molar-refractivity contribution >= 4 is 11.6 Å². The van der Waals surface area contributed by atoms with Gasteiger partial charge in [0.2, 0.25) is 0 Å². The molecule has 0 amide bonds. The molecule has 1 aliphatic carbocycles. The van der Waals surface area contributed by atoms with Crippen molar-refractivity contribution in [3.8, 4) is 0 Å². The number of carbonyl (C=O) groups excluding carboxylic acids is 2. The van der Waals surface area contributed by atoms with Crippen molar-refractivity contribution in [2.24, 2.45) is 0 Å². The Balaban J connectivity index is 1.47. The Labute approximate surface area is 176 Å². The van der Waals surface area contributed by atoms with Crippen molar-refractivity contribution in [3.05, 3.63) is 101 Å². The maximum atomic E-state index is 13.7. The lowest BCUT2D eigenvalue weighted by molar-refractivity contribution is 0.0266. The first kappa shape index (κ1) is 18.9. The van der Waals surface area contributed by atoms with E-state index < -0.39 is 5.54 Å². The van der Waals surface area contributed by atoms with Gasteiger partial charge < -0.3 is 0 Å². The lowest BCUT2D eigenvalue weighted by atomic mass is 9.85. The number of hydrogen-bond acceptors (Lipinski definition) is 5. The number of pyridine rings is 1. The Morgan fingerprint density at radius 1 is 0.733 bits per heavy atom. The number of Topliss-reactive ketones (excluding diaryl/α,β-unsaturated/α-hetero) is 2. The Hall–Kier alpha value is -3.15. The maximum Gasteiger partial charge on any atom is 0.198 e. The third-order valence-corrected chi connectivity index (χ3v) is 6.20. The Morgan fingerprint density at radius 3 is 1.93 bits per heavy atom. The predicted molar refractivity (Wildman–Crippen MR) is 114 cm³/mol. The Kier molecular flexibility index (Phi) is 4.77. The van der Waals surface area contributed by atoms with Gasteiger partial charge in [-0.05, 0) is 17.7 Å². The quantitative estimate of drug-likeness (QED) is 0.633. The molecule has 0 radical (unpaired) electrons. The van der Waals surface area contributed by atoms with E-state index in [0.29, 0.717) is 29.9 Å². The molecule has 2 aromatic carbocycles. The lowest BCUT2D eigenvalue weighted by Crippen LogP contribution is -2.60. The SMILES string of the molecule is O=C1c2ccccc2C(=O)C1(c1ccccn1)N1CCN(Cc2ccccc2)CC1. The normalized spacial score (nSPS) is 19.1. The summed E-state index contributed by atoms with van der Waals surface area (Å²) in [5, 5.41) is 0. The van der Waals surface area contributed by atoms with Crippen LogP contribution >= 0.6 is 0 Å². The van der Waals surface area contributed by atoms with Crippen LogP contribution in [0.5, 0.6) is 0 Å². The summed E-state index contributed by atoms with van der Waals surface area (Å²) >= 11 is 0. The molecule has 0 saturated carbocycles. The first-order valence-electron chi connectivity index (χ1n) is 10.3. The number of fused-ring (bicyclic) bond motifs is 1. The van der Waals surface area contributed by atoms with Gasteiger partial charge in [-0.2, -0.15) is 0 Å². The molecule has 1 aliphatic heterocycles. The van der Waals surface area contributed by atoms with E-state index in [1.54, 1.807) is 24.4 Å². The molecule has 2 heterocycles. The van der Waals surface area contributed by atoms with Gasteiger partial charge in [-0.3, -0.25) is 24.4 Å². The van der Waals surface area contributed by atoms with E-state index in [2.05, 4.69) is 34.1 Å². The highest BCUT2D eigenvalue weighted by atomic mass is 16.2. The van der Waals surface area contributed by atoms with Crippen LogP contribution in [-0.2, 0) is 12.1 Å². The third kappa shape index (κ3) is 2.90. The molecule has 5 heteroatoms. The van der Waals surface area contributed by atoms with Gasteiger partial charge >= 0.3 is 0 Å². The number of benzene rings is 2. The van der Waals surface area contributed by atoms with Crippen molar-refractivity contribution in [2.75, 3.05) is 26.2 Å². The first-order chi connectivity index (χ1) is 14.7. The largest absolute Gasteiger partial charge is 0.297 e. The van der Waals surface area contributed by atoms with Gasteiger partial charge in [-0.25, -0.2) is 0 Å². The molecule has 0 N–H and O–H groups in total. The van der Waals surface area contributed by atoms with Crippen molar-refractivity contribution < 1.29 is 9.59 Å². The summed E-state index contributed by atoms with van der Waals surface area (Å²) in [4.78, 5) is 36.3. The summed E-state index contributed by atoms with van der Waals surface area (Å²) in [6.07, 6.45) is 1.66. The van der Waals surface area contributed by atoms with E-state index in [1.807, 2.05) is 35.2 Å². The zero-order chi connectivity index (χ0) is 20.6. The van der Waals surface area contributed by atoms with Crippen LogP contribution in [0.15, 0.2) is 79.0 Å². The van der Waals surface area contributed by atoms with Crippen LogP contribution in [0.2, 0.25) is 0 Å². The molecule has 5 rings (SSSR count). The zero-order valence-electron chi connectivity index (χ0n) is 16.7. The summed E-state index contributed by atoms with van der Waals surface area (Å²) in [5.74, 6) is -0.309. The summed E-state index contributed by atoms with van der Waals surface area (Å²) in [5.41, 5.74) is 1.43. The zero-order valence-corrected chi connectivity index (χ0v) is 16.7. The maximum absolute atomic E-state index is 13.7. The van der Waals surface area contributed by atoms with Crippen molar-refractivity contribution in [1.82, 2.24) is 14.8 Å². The highest BCUT2D eigenvalue weighted by molar-refractivity contribution is 6.32. The van der Waals surface area contributed by atoms with Crippen LogP contribution < -0.4 is 0 Å². The molecule has 0 bridgehead atoms. The first-order valence-corrected chi connectivity index (χ1v) is 10.3. The van der Waals surface area contributed by atoms with Gasteiger partial charge in [0, 0.05) is 50.0 Å². The van der Waals surface area contributed by atoms with Crippen LogP contribution in [0.4, 0.5) is 0 Å². The van der Waals surface area contributed by atoms with Crippen LogP contribution in [0.1, 0.15) is 32.0 Å². The predicted octanol–water partition coefficient (Wildman–Crippen LogP) is 3.17. The molecule has 1 aromatic heterocycles. The number of ketones is 2. The second-order valence-corrected chi connectivity index (χ2v) is 7.88. The number of aromatic nitrogens is 1. The highest BCUT2D eigenvalue weighted by Crippen LogP contribution is 2.42. The lowest BCUT2D eigenvalue weighted by Gasteiger charge is -2.43. The van der Waals surface area contributed by atoms with Crippen molar-refractivity contribution in [3.63, 3.8) is 0 Å². The number of carbonyl (C=O) groups is 2. The van der Waals surface area contributed by atoms with E-state index in [9.17, 15) is 9.59 Å². The smallest absolute Gasteiger partial charge is 0.198 e. The number of rotatable bonds is 4. The summed E-state index contributed by atoms with van der Waals surface area (Å²) in [6.45, 7) is 3.72. The Morgan fingerprint density at radius 2 is 1.33 bits per heavy atom. The minimum Gasteiger partial charge on any atom is -0.297 e. The Bertz CT molecular complexity index is 1040. The molecule has 0 spiro atoms. The molecule has 150 valence electrons. The van der Waals surface area contributed by atoms with E-state index in [-0.39, 0.29) is 11.6 Å². The number of nitrogens with zero attached hydrogens (tertiary/aromatic N) is 3.